The molecule has 0 saturated heterocycles. The van der Waals surface area contributed by atoms with E-state index in [1.165, 1.54) is 6.42 Å². The Kier molecular flexibility index (Phi) is 7.65. The number of benzene rings is 2. The van der Waals surface area contributed by atoms with Gasteiger partial charge in [0.15, 0.2) is 6.10 Å². The first kappa shape index (κ1) is 23.3. The molecule has 6 nitrogen and oxygen atoms in total. The zero-order valence-corrected chi connectivity index (χ0v) is 19.2. The third-order valence-electron chi connectivity index (χ3n) is 6.87. The molecule has 0 aliphatic heterocycles. The minimum absolute atomic E-state index is 0.0464. The van der Waals surface area contributed by atoms with Crippen LogP contribution in [0.15, 0.2) is 48.5 Å². The highest BCUT2D eigenvalue weighted by atomic mass is 16.6. The number of aliphatic hydroxyl groups excluding tert-OH is 1. The van der Waals surface area contributed by atoms with Crippen molar-refractivity contribution in [2.24, 2.45) is 5.92 Å². The molecule has 2 aromatic rings. The summed E-state index contributed by atoms with van der Waals surface area (Å²) in [6.45, 7) is 2.06. The van der Waals surface area contributed by atoms with Gasteiger partial charge in [-0.05, 0) is 41.5 Å². The zero-order chi connectivity index (χ0) is 23.2. The number of aliphatic hydroxyl groups is 1. The monoisotopic (exact) mass is 451 g/mol. The lowest BCUT2D eigenvalue weighted by Crippen LogP contribution is -2.49. The second-order valence-electron chi connectivity index (χ2n) is 9.01. The molecular formula is C27H33NO5. The molecule has 1 saturated carbocycles. The molecule has 1 fully saturated rings. The van der Waals surface area contributed by atoms with E-state index in [0.717, 1.165) is 47.9 Å². The summed E-state index contributed by atoms with van der Waals surface area (Å²) in [6.07, 6.45) is 4.06. The molecule has 2 aliphatic carbocycles. The van der Waals surface area contributed by atoms with Gasteiger partial charge in [0.1, 0.15) is 6.61 Å². The van der Waals surface area contributed by atoms with Crippen LogP contribution in [0.3, 0.4) is 0 Å². The van der Waals surface area contributed by atoms with Gasteiger partial charge in [-0.2, -0.15) is 0 Å². The molecule has 0 spiro atoms. The minimum atomic E-state index is -1.41. The van der Waals surface area contributed by atoms with Gasteiger partial charge in [0, 0.05) is 5.92 Å². The van der Waals surface area contributed by atoms with E-state index in [9.17, 15) is 14.7 Å². The number of alkyl carbamates (subject to hydrolysis) is 1. The van der Waals surface area contributed by atoms with E-state index < -0.39 is 24.2 Å². The molecule has 33 heavy (non-hydrogen) atoms. The first-order valence-corrected chi connectivity index (χ1v) is 12.0. The van der Waals surface area contributed by atoms with Gasteiger partial charge in [-0.15, -0.1) is 0 Å². The van der Waals surface area contributed by atoms with Crippen LogP contribution in [0.4, 0.5) is 4.79 Å². The van der Waals surface area contributed by atoms with Gasteiger partial charge >= 0.3 is 12.1 Å². The van der Waals surface area contributed by atoms with Gasteiger partial charge in [0.05, 0.1) is 12.6 Å². The highest BCUT2D eigenvalue weighted by Gasteiger charge is 2.33. The lowest BCUT2D eigenvalue weighted by Gasteiger charge is -2.29. The Morgan fingerprint density at radius 1 is 0.970 bits per heavy atom. The van der Waals surface area contributed by atoms with Gasteiger partial charge < -0.3 is 19.9 Å². The Bertz CT molecular complexity index is 923. The lowest BCUT2D eigenvalue weighted by atomic mass is 9.83. The molecule has 2 aliphatic rings. The topological polar surface area (TPSA) is 84.9 Å². The minimum Gasteiger partial charge on any atom is -0.464 e. The molecule has 0 unspecified atom stereocenters. The highest BCUT2D eigenvalue weighted by molar-refractivity contribution is 5.79. The van der Waals surface area contributed by atoms with Crippen LogP contribution in [-0.4, -0.2) is 42.5 Å². The lowest BCUT2D eigenvalue weighted by molar-refractivity contribution is -0.154. The normalized spacial score (nSPS) is 17.5. The Morgan fingerprint density at radius 3 is 2.18 bits per heavy atom. The Balaban J connectivity index is 1.42. The van der Waals surface area contributed by atoms with Crippen molar-refractivity contribution < 1.29 is 24.2 Å². The number of carbonyl (C=O) groups excluding carboxylic acids is 2. The smallest absolute Gasteiger partial charge is 0.407 e. The average Bonchev–Trinajstić information content (AvgIpc) is 3.16. The quantitative estimate of drug-likeness (QED) is 0.564. The van der Waals surface area contributed by atoms with Gasteiger partial charge in [0.2, 0.25) is 0 Å². The van der Waals surface area contributed by atoms with E-state index in [1.807, 2.05) is 24.3 Å². The molecule has 0 heterocycles. The summed E-state index contributed by atoms with van der Waals surface area (Å²) in [5, 5.41) is 13.3. The first-order valence-electron chi connectivity index (χ1n) is 12.0. The third-order valence-corrected chi connectivity index (χ3v) is 6.87. The van der Waals surface area contributed by atoms with Crippen LogP contribution >= 0.6 is 0 Å². The van der Waals surface area contributed by atoms with Crippen molar-refractivity contribution in [1.82, 2.24) is 5.32 Å². The fraction of sp³-hybridized carbons (Fsp3) is 0.481. The fourth-order valence-corrected chi connectivity index (χ4v) is 5.23. The molecule has 0 bridgehead atoms. The number of rotatable bonds is 8. The van der Waals surface area contributed by atoms with E-state index >= 15 is 0 Å². The van der Waals surface area contributed by atoms with Gasteiger partial charge in [-0.3, -0.25) is 0 Å². The molecule has 2 atom stereocenters. The van der Waals surface area contributed by atoms with Crippen molar-refractivity contribution in [3.05, 3.63) is 59.7 Å². The number of carbonyl (C=O) groups is 2. The predicted octanol–water partition coefficient (Wildman–Crippen LogP) is 4.79. The number of nitrogens with one attached hydrogen (secondary N) is 1. The Hall–Kier alpha value is -2.86. The number of hydrogen-bond donors (Lipinski definition) is 2. The van der Waals surface area contributed by atoms with Crippen molar-refractivity contribution in [1.29, 1.82) is 0 Å². The second-order valence-corrected chi connectivity index (χ2v) is 9.01. The number of ether oxygens (including phenoxy) is 2. The van der Waals surface area contributed by atoms with Crippen LogP contribution in [0, 0.1) is 5.92 Å². The Morgan fingerprint density at radius 2 is 1.58 bits per heavy atom. The molecule has 2 N–H and O–H groups in total. The van der Waals surface area contributed by atoms with E-state index in [4.69, 9.17) is 9.47 Å². The SMILES string of the molecule is CCOC(=O)[C@H](O)[C@H](CC1CCCCC1)NC(=O)OCC1c2ccccc2-c2ccccc21. The zero-order valence-electron chi connectivity index (χ0n) is 19.2. The van der Waals surface area contributed by atoms with E-state index in [0.29, 0.717) is 12.3 Å². The van der Waals surface area contributed by atoms with Gasteiger partial charge in [-0.1, -0.05) is 80.6 Å². The van der Waals surface area contributed by atoms with E-state index in [1.54, 1.807) is 6.92 Å². The summed E-state index contributed by atoms with van der Waals surface area (Å²) >= 11 is 0. The molecule has 0 aromatic heterocycles. The van der Waals surface area contributed by atoms with Crippen molar-refractivity contribution in [2.75, 3.05) is 13.2 Å². The van der Waals surface area contributed by atoms with E-state index in [-0.39, 0.29) is 19.1 Å². The number of esters is 1. The molecule has 6 heteroatoms. The van der Waals surface area contributed by atoms with Crippen LogP contribution in [0.2, 0.25) is 0 Å². The summed E-state index contributed by atoms with van der Waals surface area (Å²) in [5.41, 5.74) is 4.60. The highest BCUT2D eigenvalue weighted by Crippen LogP contribution is 2.44. The molecule has 4 rings (SSSR count). The summed E-state index contributed by atoms with van der Waals surface area (Å²) in [6, 6.07) is 15.6. The summed E-state index contributed by atoms with van der Waals surface area (Å²) in [4.78, 5) is 24.9. The predicted molar refractivity (Wildman–Crippen MR) is 126 cm³/mol. The molecular weight excluding hydrogens is 418 g/mol. The maximum Gasteiger partial charge on any atom is 0.407 e. The van der Waals surface area contributed by atoms with Gasteiger partial charge in [0.25, 0.3) is 0 Å². The van der Waals surface area contributed by atoms with Crippen molar-refractivity contribution in [2.45, 2.75) is 63.5 Å². The van der Waals surface area contributed by atoms with Gasteiger partial charge in [-0.25, -0.2) is 9.59 Å². The number of fused-ring (bicyclic) bond motifs is 3. The molecule has 2 aromatic carbocycles. The number of amides is 1. The standard InChI is InChI=1S/C27H33NO5/c1-2-32-26(30)25(29)24(16-18-10-4-3-5-11-18)28-27(31)33-17-23-21-14-8-6-12-19(21)20-13-7-9-15-22(20)23/h6-9,12-15,18,23-25,29H,2-5,10-11,16-17H2,1H3,(H,28,31)/t24-,25+/m0/s1. The molecule has 176 valence electrons. The fourth-order valence-electron chi connectivity index (χ4n) is 5.23. The van der Waals surface area contributed by atoms with Crippen molar-refractivity contribution in [3.63, 3.8) is 0 Å². The summed E-state index contributed by atoms with van der Waals surface area (Å²) in [7, 11) is 0. The average molecular weight is 452 g/mol. The Labute approximate surface area is 195 Å². The van der Waals surface area contributed by atoms with Crippen molar-refractivity contribution in [3.8, 4) is 11.1 Å². The van der Waals surface area contributed by atoms with Crippen LogP contribution in [0.1, 0.15) is 62.5 Å². The summed E-state index contributed by atoms with van der Waals surface area (Å²) < 4.78 is 10.6. The summed E-state index contributed by atoms with van der Waals surface area (Å²) in [5.74, 6) is -0.395. The number of hydrogen-bond acceptors (Lipinski definition) is 5. The second kappa shape index (κ2) is 10.8. The van der Waals surface area contributed by atoms with Crippen molar-refractivity contribution >= 4 is 12.1 Å². The third kappa shape index (κ3) is 5.38. The maximum absolute atomic E-state index is 12.8. The van der Waals surface area contributed by atoms with Crippen LogP contribution in [0.5, 0.6) is 0 Å². The maximum atomic E-state index is 12.8. The molecule has 1 amide bonds. The largest absolute Gasteiger partial charge is 0.464 e. The first-order chi connectivity index (χ1) is 16.1. The van der Waals surface area contributed by atoms with E-state index in [2.05, 4.69) is 29.6 Å². The van der Waals surface area contributed by atoms with Crippen LogP contribution in [-0.2, 0) is 14.3 Å². The van der Waals surface area contributed by atoms with Crippen LogP contribution < -0.4 is 5.32 Å². The molecule has 0 radical (unpaired) electrons. The van der Waals surface area contributed by atoms with Crippen LogP contribution in [0.25, 0.3) is 11.1 Å².